The Bertz CT molecular complexity index is 1210. The van der Waals surface area contributed by atoms with Crippen molar-refractivity contribution in [2.45, 2.75) is 0 Å². The van der Waals surface area contributed by atoms with Crippen molar-refractivity contribution >= 4 is 45.1 Å². The maximum atomic E-state index is 13.4. The Hall–Kier alpha value is -3.65. The topological polar surface area (TPSA) is 75.8 Å². The van der Waals surface area contributed by atoms with Crippen LogP contribution in [0.4, 0.5) is 15.8 Å². The summed E-state index contributed by atoms with van der Waals surface area (Å²) in [6.45, 7) is 0. The van der Waals surface area contributed by atoms with Crippen LogP contribution in [0.2, 0.25) is 0 Å². The fourth-order valence-electron chi connectivity index (χ4n) is 3.02. The molecule has 1 aliphatic heterocycles. The Morgan fingerprint density at radius 1 is 1.00 bits per heavy atom. The molecule has 30 heavy (non-hydrogen) atoms. The lowest BCUT2D eigenvalue weighted by molar-refractivity contribution is -0.384. The van der Waals surface area contributed by atoms with Crippen LogP contribution in [0.3, 0.4) is 0 Å². The van der Waals surface area contributed by atoms with E-state index in [1.165, 1.54) is 41.3 Å². The van der Waals surface area contributed by atoms with Gasteiger partial charge < -0.3 is 0 Å². The molecule has 8 heteroatoms. The third-order valence-electron chi connectivity index (χ3n) is 4.47. The van der Waals surface area contributed by atoms with Crippen molar-refractivity contribution in [2.75, 3.05) is 4.90 Å². The quantitative estimate of drug-likeness (QED) is 0.296. The van der Waals surface area contributed by atoms with E-state index in [-0.39, 0.29) is 17.3 Å². The van der Waals surface area contributed by atoms with Gasteiger partial charge in [-0.25, -0.2) is 9.38 Å². The molecule has 0 fully saturated rings. The minimum absolute atomic E-state index is 0.0414. The van der Waals surface area contributed by atoms with Crippen LogP contribution in [0.5, 0.6) is 0 Å². The summed E-state index contributed by atoms with van der Waals surface area (Å²) in [7, 11) is 0. The summed E-state index contributed by atoms with van der Waals surface area (Å²) in [5.41, 5.74) is 1.89. The van der Waals surface area contributed by atoms with Gasteiger partial charge in [0.05, 0.1) is 10.6 Å². The maximum Gasteiger partial charge on any atom is 0.282 e. The molecule has 0 saturated carbocycles. The summed E-state index contributed by atoms with van der Waals surface area (Å²) in [5.74, 6) is -0.399. The first-order chi connectivity index (χ1) is 14.4. The van der Waals surface area contributed by atoms with E-state index in [1.807, 2.05) is 24.3 Å². The average molecular weight is 466 g/mol. The molecule has 1 amide bonds. The molecule has 0 bridgehead atoms. The number of nitro groups is 1. The molecular weight excluding hydrogens is 453 g/mol. The Morgan fingerprint density at radius 2 is 1.67 bits per heavy atom. The zero-order valence-electron chi connectivity index (χ0n) is 15.3. The van der Waals surface area contributed by atoms with Gasteiger partial charge in [-0.1, -0.05) is 34.1 Å². The van der Waals surface area contributed by atoms with Gasteiger partial charge in [0.1, 0.15) is 17.3 Å². The molecule has 0 atom stereocenters. The van der Waals surface area contributed by atoms with Gasteiger partial charge in [0.15, 0.2) is 0 Å². The molecule has 148 valence electrons. The molecule has 4 rings (SSSR count). The number of rotatable bonds is 4. The van der Waals surface area contributed by atoms with Crippen LogP contribution in [0.1, 0.15) is 11.1 Å². The van der Waals surface area contributed by atoms with Crippen molar-refractivity contribution in [1.29, 1.82) is 0 Å². The molecule has 0 radical (unpaired) electrons. The first-order valence-electron chi connectivity index (χ1n) is 8.84. The second kappa shape index (κ2) is 8.00. The summed E-state index contributed by atoms with van der Waals surface area (Å²) in [5, 5.41) is 10.8. The molecular formula is C22H13BrFN3O3. The number of anilines is 1. The summed E-state index contributed by atoms with van der Waals surface area (Å²) < 4.78 is 14.2. The lowest BCUT2D eigenvalue weighted by atomic mass is 10.1. The Kier molecular flexibility index (Phi) is 5.24. The van der Waals surface area contributed by atoms with Crippen LogP contribution in [0.15, 0.2) is 88.0 Å². The normalized spacial score (nSPS) is 14.9. The molecule has 6 nitrogen and oxygen atoms in total. The molecule has 0 saturated heterocycles. The first-order valence-corrected chi connectivity index (χ1v) is 9.63. The van der Waals surface area contributed by atoms with Gasteiger partial charge in [-0.3, -0.25) is 19.8 Å². The first kappa shape index (κ1) is 19.7. The monoisotopic (exact) mass is 465 g/mol. The van der Waals surface area contributed by atoms with E-state index >= 15 is 0 Å². The van der Waals surface area contributed by atoms with Crippen molar-refractivity contribution in [2.24, 2.45) is 4.99 Å². The van der Waals surface area contributed by atoms with Crippen LogP contribution in [0.25, 0.3) is 6.08 Å². The Labute approximate surface area is 179 Å². The largest absolute Gasteiger partial charge is 0.282 e. The molecule has 0 aliphatic carbocycles. The number of carbonyl (C=O) groups excluding carboxylic acids is 1. The van der Waals surface area contributed by atoms with E-state index in [0.717, 1.165) is 4.47 Å². The molecule has 3 aromatic rings. The van der Waals surface area contributed by atoms with Crippen LogP contribution in [-0.4, -0.2) is 16.7 Å². The van der Waals surface area contributed by atoms with Gasteiger partial charge in [0.2, 0.25) is 0 Å². The van der Waals surface area contributed by atoms with Crippen molar-refractivity contribution < 1.29 is 14.1 Å². The molecule has 0 unspecified atom stereocenters. The number of benzene rings is 3. The lowest BCUT2D eigenvalue weighted by Crippen LogP contribution is -2.32. The van der Waals surface area contributed by atoms with Gasteiger partial charge >= 0.3 is 0 Å². The van der Waals surface area contributed by atoms with Crippen molar-refractivity contribution in [1.82, 2.24) is 0 Å². The number of non-ortho nitro benzene ring substituents is 1. The summed E-state index contributed by atoms with van der Waals surface area (Å²) >= 11 is 3.48. The summed E-state index contributed by atoms with van der Waals surface area (Å²) in [4.78, 5) is 29.5. The van der Waals surface area contributed by atoms with Crippen LogP contribution in [0, 0.1) is 15.9 Å². The van der Waals surface area contributed by atoms with Gasteiger partial charge in [0.25, 0.3) is 11.6 Å². The summed E-state index contributed by atoms with van der Waals surface area (Å²) in [6.07, 6.45) is 1.56. The van der Waals surface area contributed by atoms with E-state index < -0.39 is 10.7 Å². The number of nitrogens with zero attached hydrogens (tertiary/aromatic N) is 3. The highest BCUT2D eigenvalue weighted by Gasteiger charge is 2.33. The van der Waals surface area contributed by atoms with Crippen molar-refractivity contribution in [3.63, 3.8) is 0 Å². The van der Waals surface area contributed by atoms with Crippen LogP contribution >= 0.6 is 15.9 Å². The zero-order chi connectivity index (χ0) is 21.3. The molecule has 1 aliphatic rings. The van der Waals surface area contributed by atoms with E-state index in [0.29, 0.717) is 22.6 Å². The maximum absolute atomic E-state index is 13.4. The molecule has 1 heterocycles. The summed E-state index contributed by atoms with van der Waals surface area (Å²) in [6, 6.07) is 18.7. The number of hydrogen-bond donors (Lipinski definition) is 0. The fraction of sp³-hybridized carbons (Fsp3) is 0. The molecule has 3 aromatic carbocycles. The highest BCUT2D eigenvalue weighted by atomic mass is 79.9. The zero-order valence-corrected chi connectivity index (χ0v) is 16.9. The molecule has 0 spiro atoms. The van der Waals surface area contributed by atoms with Crippen LogP contribution in [-0.2, 0) is 4.79 Å². The predicted molar refractivity (Wildman–Crippen MR) is 116 cm³/mol. The number of halogens is 2. The minimum atomic E-state index is -0.489. The van der Waals surface area contributed by atoms with Gasteiger partial charge in [-0.05, 0) is 54.1 Å². The number of carbonyl (C=O) groups is 1. The number of amidine groups is 1. The standard InChI is InChI=1S/C22H13BrFN3O3/c23-19-4-2-1-3-18(19)21-25-20(13-14-5-9-17(10-6-14)27(29)30)22(28)26(21)16-11-7-15(24)8-12-16/h1-13H/b20-13+. The number of hydrogen-bond acceptors (Lipinski definition) is 4. The van der Waals surface area contributed by atoms with E-state index in [2.05, 4.69) is 20.9 Å². The minimum Gasteiger partial charge on any atom is -0.266 e. The predicted octanol–water partition coefficient (Wildman–Crippen LogP) is 5.33. The second-order valence-electron chi connectivity index (χ2n) is 6.41. The Balaban J connectivity index is 1.80. The lowest BCUT2D eigenvalue weighted by Gasteiger charge is -2.19. The fourth-order valence-corrected chi connectivity index (χ4v) is 3.48. The third-order valence-corrected chi connectivity index (χ3v) is 5.16. The van der Waals surface area contributed by atoms with E-state index in [9.17, 15) is 19.3 Å². The van der Waals surface area contributed by atoms with Gasteiger partial charge in [-0.2, -0.15) is 0 Å². The smallest absolute Gasteiger partial charge is 0.266 e. The van der Waals surface area contributed by atoms with E-state index in [1.54, 1.807) is 18.2 Å². The Morgan fingerprint density at radius 3 is 2.30 bits per heavy atom. The van der Waals surface area contributed by atoms with E-state index in [4.69, 9.17) is 0 Å². The van der Waals surface area contributed by atoms with Crippen molar-refractivity contribution in [3.05, 3.63) is 110 Å². The van der Waals surface area contributed by atoms with Gasteiger partial charge in [-0.15, -0.1) is 0 Å². The second-order valence-corrected chi connectivity index (χ2v) is 7.26. The van der Waals surface area contributed by atoms with Crippen LogP contribution < -0.4 is 4.90 Å². The number of aliphatic imine (C=N–C) groups is 1. The van der Waals surface area contributed by atoms with Gasteiger partial charge in [0, 0.05) is 22.2 Å². The average Bonchev–Trinajstić information content (AvgIpc) is 3.05. The van der Waals surface area contributed by atoms with Crippen molar-refractivity contribution in [3.8, 4) is 0 Å². The number of nitro benzene ring substituents is 1. The highest BCUT2D eigenvalue weighted by molar-refractivity contribution is 9.10. The highest BCUT2D eigenvalue weighted by Crippen LogP contribution is 2.30. The molecule has 0 N–H and O–H groups in total. The molecule has 0 aromatic heterocycles. The SMILES string of the molecule is O=C1/C(=C\c2ccc([N+](=O)[O-])cc2)N=C(c2ccccc2Br)N1c1ccc(F)cc1. The number of amides is 1. The third kappa shape index (κ3) is 3.77.